The Morgan fingerprint density at radius 2 is 2.26 bits per heavy atom. The molecule has 0 saturated carbocycles. The molecule has 0 aliphatic carbocycles. The van der Waals surface area contributed by atoms with Crippen molar-refractivity contribution >= 4 is 0 Å². The Morgan fingerprint density at radius 3 is 3.04 bits per heavy atom. The van der Waals surface area contributed by atoms with Crippen molar-refractivity contribution in [2.45, 2.75) is 6.54 Å². The smallest absolute Gasteiger partial charge is 0.148 e. The number of hydrogen-bond acceptors (Lipinski definition) is 4. The molecule has 1 aromatic heterocycles. The number of para-hydroxylation sites is 1. The number of fused-ring (bicyclic) bond motifs is 1. The Balaban J connectivity index is 1.48. The third-order valence-electron chi connectivity index (χ3n) is 5.05. The van der Waals surface area contributed by atoms with E-state index in [9.17, 15) is 9.50 Å². The number of rotatable bonds is 4. The van der Waals surface area contributed by atoms with Gasteiger partial charge in [0.25, 0.3) is 0 Å². The van der Waals surface area contributed by atoms with Gasteiger partial charge in [0.15, 0.2) is 0 Å². The van der Waals surface area contributed by atoms with Crippen LogP contribution < -0.4 is 0 Å². The summed E-state index contributed by atoms with van der Waals surface area (Å²) in [7, 11) is 0. The Morgan fingerprint density at radius 1 is 1.39 bits per heavy atom. The van der Waals surface area contributed by atoms with Gasteiger partial charge in [-0.15, -0.1) is 0 Å². The van der Waals surface area contributed by atoms with Crippen molar-refractivity contribution in [2.24, 2.45) is 11.3 Å². The van der Waals surface area contributed by atoms with Crippen molar-refractivity contribution in [1.29, 1.82) is 0 Å². The predicted octanol–water partition coefficient (Wildman–Crippen LogP) is 1.45. The second-order valence-electron chi connectivity index (χ2n) is 6.65. The summed E-state index contributed by atoms with van der Waals surface area (Å²) in [5.74, 6) is 0.114. The SMILES string of the molecule is OC[C@@]12COC[C@@H]1CN(Cc1cnn(-c3ccccc3F)c1)C2. The zero-order valence-electron chi connectivity index (χ0n) is 12.9. The number of aliphatic hydroxyl groups excluding tert-OH is 1. The van der Waals surface area contributed by atoms with Crippen LogP contribution in [0.25, 0.3) is 5.69 Å². The van der Waals surface area contributed by atoms with Crippen LogP contribution in [0.2, 0.25) is 0 Å². The van der Waals surface area contributed by atoms with Crippen LogP contribution in [0, 0.1) is 17.2 Å². The number of aliphatic hydroxyl groups is 1. The van der Waals surface area contributed by atoms with Crippen LogP contribution in [0.1, 0.15) is 5.56 Å². The first-order valence-corrected chi connectivity index (χ1v) is 7.90. The van der Waals surface area contributed by atoms with Crippen molar-refractivity contribution in [2.75, 3.05) is 32.9 Å². The van der Waals surface area contributed by atoms with Gasteiger partial charge in [0.2, 0.25) is 0 Å². The van der Waals surface area contributed by atoms with E-state index >= 15 is 0 Å². The standard InChI is InChI=1S/C17H20FN3O2/c18-15-3-1-2-4-16(15)21-7-13(5-19-21)6-20-8-14-9-23-12-17(14,10-20)11-22/h1-5,7,14,22H,6,8-12H2/t14-,17-/m0/s1. The highest BCUT2D eigenvalue weighted by atomic mass is 19.1. The molecule has 3 heterocycles. The third kappa shape index (κ3) is 2.56. The molecule has 0 bridgehead atoms. The maximum atomic E-state index is 13.8. The Kier molecular flexibility index (Phi) is 3.67. The van der Waals surface area contributed by atoms with E-state index in [0.29, 0.717) is 18.2 Å². The van der Waals surface area contributed by atoms with Gasteiger partial charge in [-0.1, -0.05) is 12.1 Å². The zero-order valence-corrected chi connectivity index (χ0v) is 12.9. The van der Waals surface area contributed by atoms with Gasteiger partial charge < -0.3 is 9.84 Å². The van der Waals surface area contributed by atoms with E-state index in [1.54, 1.807) is 29.1 Å². The molecular weight excluding hydrogens is 297 g/mol. The van der Waals surface area contributed by atoms with Gasteiger partial charge in [-0.3, -0.25) is 4.90 Å². The van der Waals surface area contributed by atoms with Crippen LogP contribution in [-0.2, 0) is 11.3 Å². The molecule has 0 amide bonds. The van der Waals surface area contributed by atoms with Gasteiger partial charge in [0.1, 0.15) is 11.5 Å². The molecule has 2 aliphatic rings. The van der Waals surface area contributed by atoms with Crippen LogP contribution in [0.4, 0.5) is 4.39 Å². The first-order valence-electron chi connectivity index (χ1n) is 7.90. The Hall–Kier alpha value is -1.76. The fraction of sp³-hybridized carbons (Fsp3) is 0.471. The van der Waals surface area contributed by atoms with Gasteiger partial charge in [-0.25, -0.2) is 9.07 Å². The van der Waals surface area contributed by atoms with E-state index in [-0.39, 0.29) is 17.8 Å². The second kappa shape index (κ2) is 5.70. The second-order valence-corrected chi connectivity index (χ2v) is 6.65. The number of likely N-dealkylation sites (tertiary alicyclic amines) is 1. The summed E-state index contributed by atoms with van der Waals surface area (Å²) in [4.78, 5) is 2.33. The molecule has 1 N–H and O–H groups in total. The molecule has 4 rings (SSSR count). The molecule has 0 radical (unpaired) electrons. The first kappa shape index (κ1) is 14.8. The number of hydrogen-bond donors (Lipinski definition) is 1. The molecule has 6 heteroatoms. The number of benzene rings is 1. The summed E-state index contributed by atoms with van der Waals surface area (Å²) in [6.45, 7) is 4.05. The molecule has 23 heavy (non-hydrogen) atoms. The molecule has 1 aromatic carbocycles. The number of ether oxygens (including phenoxy) is 1. The van der Waals surface area contributed by atoms with Crippen molar-refractivity contribution in [3.63, 3.8) is 0 Å². The predicted molar refractivity (Wildman–Crippen MR) is 82.6 cm³/mol. The number of aromatic nitrogens is 2. The Labute approximate surface area is 134 Å². The van der Waals surface area contributed by atoms with E-state index in [1.807, 2.05) is 6.20 Å². The van der Waals surface area contributed by atoms with Gasteiger partial charge in [0.05, 0.1) is 26.0 Å². The molecule has 2 atom stereocenters. The number of nitrogens with zero attached hydrogens (tertiary/aromatic N) is 3. The summed E-state index contributed by atoms with van der Waals surface area (Å²) in [6.07, 6.45) is 3.65. The van der Waals surface area contributed by atoms with Crippen molar-refractivity contribution < 1.29 is 14.2 Å². The molecule has 2 saturated heterocycles. The molecular formula is C17H20FN3O2. The van der Waals surface area contributed by atoms with E-state index in [2.05, 4.69) is 10.00 Å². The van der Waals surface area contributed by atoms with Crippen molar-refractivity contribution in [1.82, 2.24) is 14.7 Å². The fourth-order valence-electron chi connectivity index (χ4n) is 3.76. The van der Waals surface area contributed by atoms with Gasteiger partial charge >= 0.3 is 0 Å². The normalized spacial score (nSPS) is 27.5. The minimum Gasteiger partial charge on any atom is -0.396 e. The maximum absolute atomic E-state index is 13.8. The van der Waals surface area contributed by atoms with Crippen LogP contribution in [0.5, 0.6) is 0 Å². The van der Waals surface area contributed by atoms with Gasteiger partial charge in [-0.05, 0) is 12.1 Å². The lowest BCUT2D eigenvalue weighted by Gasteiger charge is -2.24. The highest BCUT2D eigenvalue weighted by molar-refractivity contribution is 5.33. The van der Waals surface area contributed by atoms with E-state index in [0.717, 1.165) is 31.8 Å². The minimum absolute atomic E-state index is 0.110. The summed E-state index contributed by atoms with van der Waals surface area (Å²) in [5, 5.41) is 14.0. The van der Waals surface area contributed by atoms with Crippen LogP contribution in [0.15, 0.2) is 36.7 Å². The summed E-state index contributed by atoms with van der Waals surface area (Å²) in [5.41, 5.74) is 1.39. The Bertz CT molecular complexity index is 705. The lowest BCUT2D eigenvalue weighted by molar-refractivity contribution is 0.0803. The first-order chi connectivity index (χ1) is 11.2. The largest absolute Gasteiger partial charge is 0.396 e. The van der Waals surface area contributed by atoms with Crippen molar-refractivity contribution in [3.05, 3.63) is 48.0 Å². The molecule has 0 spiro atoms. The average molecular weight is 317 g/mol. The van der Waals surface area contributed by atoms with E-state index in [1.165, 1.54) is 6.07 Å². The van der Waals surface area contributed by atoms with Gasteiger partial charge in [0, 0.05) is 42.7 Å². The molecule has 2 aliphatic heterocycles. The number of halogens is 1. The topological polar surface area (TPSA) is 50.5 Å². The summed E-state index contributed by atoms with van der Waals surface area (Å²) >= 11 is 0. The average Bonchev–Trinajstić information content (AvgIpc) is 3.22. The lowest BCUT2D eigenvalue weighted by Crippen LogP contribution is -2.34. The molecule has 122 valence electrons. The fourth-order valence-corrected chi connectivity index (χ4v) is 3.76. The maximum Gasteiger partial charge on any atom is 0.148 e. The summed E-state index contributed by atoms with van der Waals surface area (Å²) < 4.78 is 20.9. The monoisotopic (exact) mass is 317 g/mol. The van der Waals surface area contributed by atoms with Crippen LogP contribution in [-0.4, -0.2) is 52.7 Å². The molecule has 2 fully saturated rings. The van der Waals surface area contributed by atoms with E-state index < -0.39 is 0 Å². The summed E-state index contributed by atoms with van der Waals surface area (Å²) in [6, 6.07) is 6.61. The zero-order chi connectivity index (χ0) is 15.9. The van der Waals surface area contributed by atoms with Crippen LogP contribution in [0.3, 0.4) is 0 Å². The minimum atomic E-state index is -0.283. The molecule has 5 nitrogen and oxygen atoms in total. The third-order valence-corrected chi connectivity index (χ3v) is 5.05. The highest BCUT2D eigenvalue weighted by Gasteiger charge is 2.50. The molecule has 0 unspecified atom stereocenters. The quantitative estimate of drug-likeness (QED) is 0.927. The van der Waals surface area contributed by atoms with Gasteiger partial charge in [-0.2, -0.15) is 5.10 Å². The van der Waals surface area contributed by atoms with Crippen LogP contribution >= 0.6 is 0 Å². The highest BCUT2D eigenvalue weighted by Crippen LogP contribution is 2.41. The van der Waals surface area contributed by atoms with Crippen molar-refractivity contribution in [3.8, 4) is 5.69 Å². The lowest BCUT2D eigenvalue weighted by atomic mass is 9.82. The van der Waals surface area contributed by atoms with E-state index in [4.69, 9.17) is 4.74 Å². The molecule has 2 aromatic rings.